The maximum Gasteiger partial charge on any atom is 0.0295 e. The number of benzene rings is 1. The summed E-state index contributed by atoms with van der Waals surface area (Å²) in [4.78, 5) is 0. The van der Waals surface area contributed by atoms with E-state index in [1.807, 2.05) is 0 Å². The van der Waals surface area contributed by atoms with Crippen LogP contribution in [-0.4, -0.2) is 0 Å². The fraction of sp³-hybridized carbons (Fsp3) is 0.600. The van der Waals surface area contributed by atoms with Crippen LogP contribution in [-0.2, 0) is 0 Å². The van der Waals surface area contributed by atoms with E-state index >= 15 is 0 Å². The summed E-state index contributed by atoms with van der Waals surface area (Å²) in [7, 11) is 0. The molecule has 0 radical (unpaired) electrons. The fourth-order valence-corrected chi connectivity index (χ4v) is 2.37. The maximum absolute atomic E-state index is 6.21. The van der Waals surface area contributed by atoms with Gasteiger partial charge in [0.25, 0.3) is 0 Å². The van der Waals surface area contributed by atoms with E-state index in [9.17, 15) is 0 Å². The van der Waals surface area contributed by atoms with Crippen molar-refractivity contribution in [2.24, 2.45) is 5.73 Å². The Morgan fingerprint density at radius 1 is 1.18 bits per heavy atom. The van der Waals surface area contributed by atoms with Crippen LogP contribution in [0, 0.1) is 6.92 Å². The number of halogens is 1. The van der Waals surface area contributed by atoms with Gasteiger partial charge < -0.3 is 5.73 Å². The lowest BCUT2D eigenvalue weighted by atomic mass is 10.00. The van der Waals surface area contributed by atoms with E-state index in [-0.39, 0.29) is 6.04 Å². The molecule has 17 heavy (non-hydrogen) atoms. The molecule has 0 aliphatic rings. The molecule has 0 saturated carbocycles. The van der Waals surface area contributed by atoms with Crippen LogP contribution in [0.15, 0.2) is 22.7 Å². The van der Waals surface area contributed by atoms with Crippen molar-refractivity contribution in [1.29, 1.82) is 0 Å². The van der Waals surface area contributed by atoms with E-state index in [0.717, 1.165) is 10.9 Å². The van der Waals surface area contributed by atoms with Crippen molar-refractivity contribution in [2.45, 2.75) is 58.4 Å². The highest BCUT2D eigenvalue weighted by Gasteiger charge is 2.06. The second-order valence-corrected chi connectivity index (χ2v) is 5.67. The van der Waals surface area contributed by atoms with Gasteiger partial charge in [-0.05, 0) is 30.5 Å². The first kappa shape index (κ1) is 14.7. The topological polar surface area (TPSA) is 26.0 Å². The average molecular weight is 298 g/mol. The molecule has 1 rings (SSSR count). The largest absolute Gasteiger partial charge is 0.324 e. The van der Waals surface area contributed by atoms with Crippen LogP contribution in [0.3, 0.4) is 0 Å². The van der Waals surface area contributed by atoms with Gasteiger partial charge in [-0.1, -0.05) is 67.1 Å². The highest BCUT2D eigenvalue weighted by molar-refractivity contribution is 9.10. The molecule has 2 N–H and O–H groups in total. The summed E-state index contributed by atoms with van der Waals surface area (Å²) in [6.45, 7) is 4.35. The van der Waals surface area contributed by atoms with Gasteiger partial charge in [0, 0.05) is 10.5 Å². The lowest BCUT2D eigenvalue weighted by molar-refractivity contribution is 0.555. The molecule has 2 heteroatoms. The quantitative estimate of drug-likeness (QED) is 0.695. The number of nitrogens with two attached hydrogens (primary N) is 1. The molecule has 0 aromatic heterocycles. The van der Waals surface area contributed by atoms with Crippen LogP contribution in [0.25, 0.3) is 0 Å². The van der Waals surface area contributed by atoms with Crippen LogP contribution in [0.1, 0.15) is 62.6 Å². The molecule has 0 heterocycles. The summed E-state index contributed by atoms with van der Waals surface area (Å²) in [5.41, 5.74) is 8.72. The minimum Gasteiger partial charge on any atom is -0.324 e. The Hall–Kier alpha value is -0.340. The van der Waals surface area contributed by atoms with E-state index in [4.69, 9.17) is 5.73 Å². The Morgan fingerprint density at radius 2 is 1.88 bits per heavy atom. The van der Waals surface area contributed by atoms with Crippen molar-refractivity contribution in [3.63, 3.8) is 0 Å². The third kappa shape index (κ3) is 5.22. The summed E-state index contributed by atoms with van der Waals surface area (Å²) in [6, 6.07) is 6.63. The van der Waals surface area contributed by atoms with Gasteiger partial charge in [-0.2, -0.15) is 0 Å². The summed E-state index contributed by atoms with van der Waals surface area (Å²) >= 11 is 3.56. The molecule has 0 amide bonds. The summed E-state index contributed by atoms with van der Waals surface area (Å²) in [5.74, 6) is 0. The number of rotatable bonds is 7. The van der Waals surface area contributed by atoms with Gasteiger partial charge in [-0.3, -0.25) is 0 Å². The van der Waals surface area contributed by atoms with Crippen molar-refractivity contribution < 1.29 is 0 Å². The van der Waals surface area contributed by atoms with Crippen LogP contribution in [0.5, 0.6) is 0 Å². The Labute approximate surface area is 114 Å². The third-order valence-electron chi connectivity index (χ3n) is 3.24. The van der Waals surface area contributed by atoms with Crippen LogP contribution < -0.4 is 5.73 Å². The molecule has 0 bridgehead atoms. The van der Waals surface area contributed by atoms with Crippen molar-refractivity contribution >= 4 is 15.9 Å². The molecule has 1 nitrogen and oxygen atoms in total. The van der Waals surface area contributed by atoms with E-state index in [0.29, 0.717) is 0 Å². The number of aryl methyl sites for hydroxylation is 1. The molecule has 0 spiro atoms. The second-order valence-electron chi connectivity index (χ2n) is 4.82. The van der Waals surface area contributed by atoms with Gasteiger partial charge in [0.2, 0.25) is 0 Å². The Bertz CT molecular complexity index is 336. The van der Waals surface area contributed by atoms with Gasteiger partial charge in [0.05, 0.1) is 0 Å². The van der Waals surface area contributed by atoms with Crippen molar-refractivity contribution in [1.82, 2.24) is 0 Å². The lowest BCUT2D eigenvalue weighted by Gasteiger charge is -2.13. The Morgan fingerprint density at radius 3 is 2.53 bits per heavy atom. The van der Waals surface area contributed by atoms with E-state index < -0.39 is 0 Å². The van der Waals surface area contributed by atoms with Crippen molar-refractivity contribution in [2.75, 3.05) is 0 Å². The predicted molar refractivity (Wildman–Crippen MR) is 79.2 cm³/mol. The summed E-state index contributed by atoms with van der Waals surface area (Å²) < 4.78 is 1.16. The number of hydrogen-bond acceptors (Lipinski definition) is 1. The zero-order valence-electron chi connectivity index (χ0n) is 11.0. The standard InChI is InChI=1S/C15H24BrN/c1-3-4-5-6-7-8-15(17)13-10-9-12(2)14(16)11-13/h9-11,15H,3-8,17H2,1-2H3. The molecule has 1 unspecified atom stereocenters. The Balaban J connectivity index is 2.36. The summed E-state index contributed by atoms with van der Waals surface area (Å²) in [6.07, 6.45) is 7.66. The first-order valence-corrected chi connectivity index (χ1v) is 7.46. The monoisotopic (exact) mass is 297 g/mol. The van der Waals surface area contributed by atoms with Gasteiger partial charge in [-0.25, -0.2) is 0 Å². The third-order valence-corrected chi connectivity index (χ3v) is 4.10. The molecule has 0 aliphatic carbocycles. The normalized spacial score (nSPS) is 12.7. The zero-order chi connectivity index (χ0) is 12.7. The van der Waals surface area contributed by atoms with Crippen LogP contribution >= 0.6 is 15.9 Å². The minimum atomic E-state index is 0.188. The molecular weight excluding hydrogens is 274 g/mol. The molecule has 96 valence electrons. The van der Waals surface area contributed by atoms with Crippen molar-refractivity contribution in [3.05, 3.63) is 33.8 Å². The highest BCUT2D eigenvalue weighted by Crippen LogP contribution is 2.23. The lowest BCUT2D eigenvalue weighted by Crippen LogP contribution is -2.10. The SMILES string of the molecule is CCCCCCCC(N)c1ccc(C)c(Br)c1. The highest BCUT2D eigenvalue weighted by atomic mass is 79.9. The fourth-order valence-electron chi connectivity index (χ4n) is 1.97. The molecule has 1 aromatic rings. The molecule has 0 aliphatic heterocycles. The smallest absolute Gasteiger partial charge is 0.0295 e. The van der Waals surface area contributed by atoms with Gasteiger partial charge >= 0.3 is 0 Å². The molecule has 0 saturated heterocycles. The van der Waals surface area contributed by atoms with E-state index in [1.165, 1.54) is 43.2 Å². The van der Waals surface area contributed by atoms with E-state index in [2.05, 4.69) is 48.0 Å². The van der Waals surface area contributed by atoms with E-state index in [1.54, 1.807) is 0 Å². The minimum absolute atomic E-state index is 0.188. The zero-order valence-corrected chi connectivity index (χ0v) is 12.6. The first-order chi connectivity index (χ1) is 8.15. The van der Waals surface area contributed by atoms with Crippen molar-refractivity contribution in [3.8, 4) is 0 Å². The summed E-state index contributed by atoms with van der Waals surface area (Å²) in [5, 5.41) is 0. The first-order valence-electron chi connectivity index (χ1n) is 6.66. The van der Waals surface area contributed by atoms with Gasteiger partial charge in [0.15, 0.2) is 0 Å². The Kier molecular flexibility index (Phi) is 6.83. The van der Waals surface area contributed by atoms with Gasteiger partial charge in [0.1, 0.15) is 0 Å². The number of hydrogen-bond donors (Lipinski definition) is 1. The van der Waals surface area contributed by atoms with Crippen LogP contribution in [0.2, 0.25) is 0 Å². The van der Waals surface area contributed by atoms with Gasteiger partial charge in [-0.15, -0.1) is 0 Å². The molecule has 1 aromatic carbocycles. The maximum atomic E-state index is 6.21. The molecular formula is C15H24BrN. The molecule has 1 atom stereocenters. The predicted octanol–water partition coefficient (Wildman–Crippen LogP) is 5.12. The number of unbranched alkanes of at least 4 members (excludes halogenated alkanes) is 4. The average Bonchev–Trinajstić information content (AvgIpc) is 2.32. The van der Waals surface area contributed by atoms with Crippen LogP contribution in [0.4, 0.5) is 0 Å². The molecule has 0 fully saturated rings. The second kappa shape index (κ2) is 7.88.